The molecule has 1 N–H and O–H groups in total. The van der Waals surface area contributed by atoms with Crippen molar-refractivity contribution >= 4 is 10.0 Å². The lowest BCUT2D eigenvalue weighted by molar-refractivity contribution is 0.114. The van der Waals surface area contributed by atoms with E-state index in [0.717, 1.165) is 12.8 Å². The Morgan fingerprint density at radius 2 is 2.05 bits per heavy atom. The molecule has 0 aliphatic carbocycles. The zero-order chi connectivity index (χ0) is 14.6. The van der Waals surface area contributed by atoms with Gasteiger partial charge in [0, 0.05) is 19.2 Å². The van der Waals surface area contributed by atoms with Crippen molar-refractivity contribution < 1.29 is 22.6 Å². The van der Waals surface area contributed by atoms with Crippen LogP contribution in [0.15, 0.2) is 23.1 Å². The van der Waals surface area contributed by atoms with Crippen molar-refractivity contribution in [2.45, 2.75) is 23.8 Å². The summed E-state index contributed by atoms with van der Waals surface area (Å²) in [5, 5.41) is 0. The standard InChI is InChI=1S/C13H19NO5S/c1-17-12-6-5-11(8-13(12)18-2)20(15,16)14-9-10-4-3-7-19-10/h5-6,8,10,14H,3-4,7,9H2,1-2H3/t10-/m0/s1. The number of benzene rings is 1. The summed E-state index contributed by atoms with van der Waals surface area (Å²) in [4.78, 5) is 0.146. The number of nitrogens with one attached hydrogen (secondary N) is 1. The zero-order valence-corrected chi connectivity index (χ0v) is 12.4. The minimum Gasteiger partial charge on any atom is -0.493 e. The highest BCUT2D eigenvalue weighted by Crippen LogP contribution is 2.29. The van der Waals surface area contributed by atoms with Gasteiger partial charge < -0.3 is 14.2 Å². The molecule has 0 radical (unpaired) electrons. The molecule has 1 heterocycles. The number of sulfonamides is 1. The van der Waals surface area contributed by atoms with E-state index in [1.807, 2.05) is 0 Å². The van der Waals surface area contributed by atoms with E-state index in [2.05, 4.69) is 4.72 Å². The van der Waals surface area contributed by atoms with Gasteiger partial charge in [-0.2, -0.15) is 0 Å². The van der Waals surface area contributed by atoms with Crippen molar-refractivity contribution in [3.63, 3.8) is 0 Å². The van der Waals surface area contributed by atoms with E-state index in [0.29, 0.717) is 18.1 Å². The molecule has 0 unspecified atom stereocenters. The minimum atomic E-state index is -3.57. The van der Waals surface area contributed by atoms with Gasteiger partial charge in [0.15, 0.2) is 11.5 Å². The maximum Gasteiger partial charge on any atom is 0.240 e. The molecule has 1 fully saturated rings. The first-order valence-electron chi connectivity index (χ1n) is 6.40. The lowest BCUT2D eigenvalue weighted by atomic mass is 10.2. The van der Waals surface area contributed by atoms with Gasteiger partial charge in [-0.1, -0.05) is 0 Å². The summed E-state index contributed by atoms with van der Waals surface area (Å²) in [5.41, 5.74) is 0. The molecule has 2 rings (SSSR count). The Kier molecular flexibility index (Phi) is 4.85. The van der Waals surface area contributed by atoms with Crippen LogP contribution in [0.3, 0.4) is 0 Å². The van der Waals surface area contributed by atoms with Crippen molar-refractivity contribution in [3.8, 4) is 11.5 Å². The second-order valence-corrected chi connectivity index (χ2v) is 6.27. The molecule has 1 aliphatic rings. The van der Waals surface area contributed by atoms with Crippen LogP contribution >= 0.6 is 0 Å². The average Bonchev–Trinajstić information content (AvgIpc) is 2.97. The number of ether oxygens (including phenoxy) is 3. The number of hydrogen-bond acceptors (Lipinski definition) is 5. The molecule has 1 aromatic carbocycles. The summed E-state index contributed by atoms with van der Waals surface area (Å²) in [7, 11) is -0.603. The summed E-state index contributed by atoms with van der Waals surface area (Å²) >= 11 is 0. The van der Waals surface area contributed by atoms with Gasteiger partial charge in [-0.3, -0.25) is 0 Å². The Bertz CT molecular complexity index is 552. The lowest BCUT2D eigenvalue weighted by Gasteiger charge is -2.13. The van der Waals surface area contributed by atoms with Crippen LogP contribution in [-0.2, 0) is 14.8 Å². The number of methoxy groups -OCH3 is 2. The molecular formula is C13H19NO5S. The van der Waals surface area contributed by atoms with Crippen LogP contribution in [0.4, 0.5) is 0 Å². The molecule has 1 aromatic rings. The molecule has 112 valence electrons. The smallest absolute Gasteiger partial charge is 0.240 e. The molecule has 20 heavy (non-hydrogen) atoms. The van der Waals surface area contributed by atoms with Gasteiger partial charge in [-0.25, -0.2) is 13.1 Å². The second kappa shape index (κ2) is 6.43. The molecule has 1 atom stereocenters. The Hall–Kier alpha value is -1.31. The minimum absolute atomic E-state index is 0.0371. The van der Waals surface area contributed by atoms with Crippen molar-refractivity contribution in [2.75, 3.05) is 27.4 Å². The zero-order valence-electron chi connectivity index (χ0n) is 11.6. The van der Waals surface area contributed by atoms with Crippen molar-refractivity contribution in [1.29, 1.82) is 0 Å². The first-order chi connectivity index (χ1) is 9.56. The van der Waals surface area contributed by atoms with Gasteiger partial charge in [0.2, 0.25) is 10.0 Å². The van der Waals surface area contributed by atoms with Crippen LogP contribution in [-0.4, -0.2) is 41.9 Å². The van der Waals surface area contributed by atoms with Crippen molar-refractivity contribution in [1.82, 2.24) is 4.72 Å². The Morgan fingerprint density at radius 3 is 2.65 bits per heavy atom. The molecule has 0 amide bonds. The highest BCUT2D eigenvalue weighted by atomic mass is 32.2. The molecule has 1 aliphatic heterocycles. The maximum absolute atomic E-state index is 12.2. The monoisotopic (exact) mass is 301 g/mol. The Balaban J connectivity index is 2.11. The summed E-state index contributed by atoms with van der Waals surface area (Å²) < 4.78 is 42.5. The maximum atomic E-state index is 12.2. The summed E-state index contributed by atoms with van der Waals surface area (Å²) in [6, 6.07) is 4.50. The van der Waals surface area contributed by atoms with Gasteiger partial charge in [0.05, 0.1) is 25.2 Å². The van der Waals surface area contributed by atoms with Crippen LogP contribution in [0.1, 0.15) is 12.8 Å². The fourth-order valence-corrected chi connectivity index (χ4v) is 3.16. The average molecular weight is 301 g/mol. The van der Waals surface area contributed by atoms with E-state index in [1.165, 1.54) is 26.4 Å². The molecule has 0 spiro atoms. The van der Waals surface area contributed by atoms with Gasteiger partial charge in [0.1, 0.15) is 0 Å². The summed E-state index contributed by atoms with van der Waals surface area (Å²) in [5.74, 6) is 0.873. The molecule has 0 bridgehead atoms. The van der Waals surface area contributed by atoms with Gasteiger partial charge in [-0.15, -0.1) is 0 Å². The summed E-state index contributed by atoms with van der Waals surface area (Å²) in [6.45, 7) is 0.986. The first kappa shape index (κ1) is 15.1. The van der Waals surface area contributed by atoms with Crippen molar-refractivity contribution in [3.05, 3.63) is 18.2 Å². The Morgan fingerprint density at radius 1 is 1.30 bits per heavy atom. The van der Waals surface area contributed by atoms with E-state index < -0.39 is 10.0 Å². The van der Waals surface area contributed by atoms with E-state index in [4.69, 9.17) is 14.2 Å². The normalized spacial score (nSPS) is 19.0. The van der Waals surface area contributed by atoms with E-state index >= 15 is 0 Å². The van der Waals surface area contributed by atoms with Crippen LogP contribution in [0, 0.1) is 0 Å². The predicted octanol–water partition coefficient (Wildman–Crippen LogP) is 1.16. The van der Waals surface area contributed by atoms with Crippen LogP contribution in [0.25, 0.3) is 0 Å². The van der Waals surface area contributed by atoms with Gasteiger partial charge in [-0.05, 0) is 25.0 Å². The van der Waals surface area contributed by atoms with E-state index in [1.54, 1.807) is 6.07 Å². The third-order valence-corrected chi connectivity index (χ3v) is 4.61. The van der Waals surface area contributed by atoms with Crippen LogP contribution in [0.5, 0.6) is 11.5 Å². The molecule has 6 nitrogen and oxygen atoms in total. The van der Waals surface area contributed by atoms with Crippen LogP contribution < -0.4 is 14.2 Å². The third-order valence-electron chi connectivity index (χ3n) is 3.19. The van der Waals surface area contributed by atoms with E-state index in [9.17, 15) is 8.42 Å². The topological polar surface area (TPSA) is 73.9 Å². The number of rotatable bonds is 6. The molecular weight excluding hydrogens is 282 g/mol. The SMILES string of the molecule is COc1ccc(S(=O)(=O)NC[C@@H]2CCCO2)cc1OC. The molecule has 0 saturated carbocycles. The summed E-state index contributed by atoms with van der Waals surface area (Å²) in [6.07, 6.45) is 1.82. The van der Waals surface area contributed by atoms with Crippen molar-refractivity contribution in [2.24, 2.45) is 0 Å². The molecule has 7 heteroatoms. The highest BCUT2D eigenvalue weighted by Gasteiger charge is 2.21. The van der Waals surface area contributed by atoms with Gasteiger partial charge in [0.25, 0.3) is 0 Å². The molecule has 0 aromatic heterocycles. The van der Waals surface area contributed by atoms with E-state index in [-0.39, 0.29) is 17.5 Å². The second-order valence-electron chi connectivity index (χ2n) is 4.50. The molecule has 1 saturated heterocycles. The quantitative estimate of drug-likeness (QED) is 0.853. The predicted molar refractivity (Wildman–Crippen MR) is 73.7 cm³/mol. The van der Waals surface area contributed by atoms with Gasteiger partial charge >= 0.3 is 0 Å². The Labute approximate surface area is 119 Å². The third kappa shape index (κ3) is 3.41. The fraction of sp³-hybridized carbons (Fsp3) is 0.538. The van der Waals surface area contributed by atoms with Crippen LogP contribution in [0.2, 0.25) is 0 Å². The first-order valence-corrected chi connectivity index (χ1v) is 7.88. The highest BCUT2D eigenvalue weighted by molar-refractivity contribution is 7.89. The largest absolute Gasteiger partial charge is 0.493 e. The number of hydrogen-bond donors (Lipinski definition) is 1. The lowest BCUT2D eigenvalue weighted by Crippen LogP contribution is -2.31. The fourth-order valence-electron chi connectivity index (χ4n) is 2.08.